The number of carbonyl (C=O) groups is 3. The third-order valence-electron chi connectivity index (χ3n) is 5.66. The number of aliphatic hydroxyl groups is 1. The Labute approximate surface area is 156 Å². The molecule has 144 valence electrons. The van der Waals surface area contributed by atoms with E-state index < -0.39 is 29.6 Å². The molecule has 0 aliphatic carbocycles. The summed E-state index contributed by atoms with van der Waals surface area (Å²) < 4.78 is 4.64. The first-order valence-electron chi connectivity index (χ1n) is 8.93. The molecule has 0 radical (unpaired) electrons. The normalized spacial score (nSPS) is 27.6. The fraction of sp³-hybridized carbons (Fsp3) is 0.556. The Morgan fingerprint density at radius 2 is 2.04 bits per heavy atom. The standard InChI is InChI=1S/C18H22N4O5/c1-27-15(24)9-21-16(25)14-6-13(23)8-22(14)18(17(21)26)10-20(11-18)7-12-2-4-19-5-3-12/h2-5,13-14,23H,6-11H2,1H3/t13-,14+/m1/s1. The molecule has 3 fully saturated rings. The summed E-state index contributed by atoms with van der Waals surface area (Å²) in [5.74, 6) is -1.44. The molecule has 0 saturated carbocycles. The number of esters is 1. The molecule has 3 aliphatic heterocycles. The average Bonchev–Trinajstić information content (AvgIpc) is 3.03. The number of aliphatic hydroxyl groups excluding tert-OH is 1. The summed E-state index contributed by atoms with van der Waals surface area (Å²) in [6.07, 6.45) is 3.06. The number of piperazine rings is 1. The number of rotatable bonds is 4. The van der Waals surface area contributed by atoms with Gasteiger partial charge < -0.3 is 9.84 Å². The smallest absolute Gasteiger partial charge is 0.325 e. The molecule has 0 unspecified atom stereocenters. The van der Waals surface area contributed by atoms with Crippen LogP contribution in [0.2, 0.25) is 0 Å². The lowest BCUT2D eigenvalue weighted by Crippen LogP contribution is -2.81. The highest BCUT2D eigenvalue weighted by Crippen LogP contribution is 2.40. The molecule has 3 aliphatic rings. The van der Waals surface area contributed by atoms with Crippen LogP contribution in [0.4, 0.5) is 0 Å². The van der Waals surface area contributed by atoms with E-state index in [4.69, 9.17) is 0 Å². The monoisotopic (exact) mass is 374 g/mol. The summed E-state index contributed by atoms with van der Waals surface area (Å²) in [5, 5.41) is 10.1. The third kappa shape index (κ3) is 2.91. The lowest BCUT2D eigenvalue weighted by molar-refractivity contribution is -0.183. The quantitative estimate of drug-likeness (QED) is 0.508. The molecule has 2 atom stereocenters. The number of β-amino-alcohol motifs (C(OH)–C–C–N with tert-alkyl or cyclic N) is 1. The summed E-state index contributed by atoms with van der Waals surface area (Å²) in [6, 6.07) is 3.26. The molecule has 2 amide bonds. The zero-order valence-electron chi connectivity index (χ0n) is 15.1. The SMILES string of the molecule is COC(=O)CN1C(=O)[C@@H]2C[C@@H](O)CN2C2(CN(Cc3ccncc3)C2)C1=O. The van der Waals surface area contributed by atoms with Gasteiger partial charge in [-0.25, -0.2) is 0 Å². The van der Waals surface area contributed by atoms with Gasteiger partial charge in [0.25, 0.3) is 5.91 Å². The van der Waals surface area contributed by atoms with Crippen molar-refractivity contribution in [3.63, 3.8) is 0 Å². The van der Waals surface area contributed by atoms with Gasteiger partial charge in [-0.1, -0.05) is 0 Å². The number of nitrogens with zero attached hydrogens (tertiary/aromatic N) is 4. The predicted octanol–water partition coefficient (Wildman–Crippen LogP) is -1.39. The van der Waals surface area contributed by atoms with Gasteiger partial charge in [-0.2, -0.15) is 0 Å². The maximum absolute atomic E-state index is 13.2. The van der Waals surface area contributed by atoms with E-state index in [1.54, 1.807) is 12.4 Å². The second-order valence-corrected chi connectivity index (χ2v) is 7.40. The van der Waals surface area contributed by atoms with Crippen LogP contribution in [0, 0.1) is 0 Å². The molecule has 3 saturated heterocycles. The summed E-state index contributed by atoms with van der Waals surface area (Å²) in [6.45, 7) is 1.46. The van der Waals surface area contributed by atoms with Gasteiger partial charge >= 0.3 is 5.97 Å². The fourth-order valence-corrected chi connectivity index (χ4v) is 4.39. The van der Waals surface area contributed by atoms with Gasteiger partial charge in [-0.05, 0) is 24.1 Å². The Morgan fingerprint density at radius 3 is 2.70 bits per heavy atom. The first-order valence-corrected chi connectivity index (χ1v) is 8.93. The number of amides is 2. The second kappa shape index (κ2) is 6.66. The second-order valence-electron chi connectivity index (χ2n) is 7.40. The summed E-state index contributed by atoms with van der Waals surface area (Å²) in [4.78, 5) is 46.6. The Kier molecular flexibility index (Phi) is 4.45. The minimum absolute atomic E-state index is 0.274. The van der Waals surface area contributed by atoms with Crippen molar-refractivity contribution < 1.29 is 24.2 Å². The molecule has 1 spiro atoms. The van der Waals surface area contributed by atoms with E-state index in [9.17, 15) is 19.5 Å². The maximum atomic E-state index is 13.2. The summed E-state index contributed by atoms with van der Waals surface area (Å²) >= 11 is 0. The first kappa shape index (κ1) is 18.0. The van der Waals surface area contributed by atoms with Crippen LogP contribution in [0.1, 0.15) is 12.0 Å². The van der Waals surface area contributed by atoms with Gasteiger partial charge in [-0.15, -0.1) is 0 Å². The van der Waals surface area contributed by atoms with Crippen molar-refractivity contribution in [3.8, 4) is 0 Å². The molecule has 4 rings (SSSR count). The highest BCUT2D eigenvalue weighted by Gasteiger charge is 2.64. The molecule has 1 aromatic heterocycles. The van der Waals surface area contributed by atoms with E-state index in [2.05, 4.69) is 14.6 Å². The lowest BCUT2D eigenvalue weighted by Gasteiger charge is -2.58. The zero-order valence-corrected chi connectivity index (χ0v) is 15.1. The number of carbonyl (C=O) groups excluding carboxylic acids is 3. The molecule has 1 aromatic rings. The van der Waals surface area contributed by atoms with Gasteiger partial charge in [0.1, 0.15) is 12.1 Å². The van der Waals surface area contributed by atoms with E-state index >= 15 is 0 Å². The zero-order chi connectivity index (χ0) is 19.2. The number of likely N-dealkylation sites (tertiary alicyclic amines) is 1. The maximum Gasteiger partial charge on any atom is 0.325 e. The Balaban J connectivity index is 1.56. The predicted molar refractivity (Wildman–Crippen MR) is 92.1 cm³/mol. The molecule has 1 N–H and O–H groups in total. The van der Waals surface area contributed by atoms with Crippen LogP contribution in [-0.2, 0) is 25.7 Å². The van der Waals surface area contributed by atoms with Crippen molar-refractivity contribution in [3.05, 3.63) is 30.1 Å². The molecule has 0 bridgehead atoms. The van der Waals surface area contributed by atoms with Crippen molar-refractivity contribution in [1.29, 1.82) is 0 Å². The van der Waals surface area contributed by atoms with Crippen LogP contribution in [0.25, 0.3) is 0 Å². The Morgan fingerprint density at radius 1 is 1.33 bits per heavy atom. The Hall–Kier alpha value is -2.36. The fourth-order valence-electron chi connectivity index (χ4n) is 4.39. The minimum atomic E-state index is -0.878. The van der Waals surface area contributed by atoms with Gasteiger partial charge in [0.15, 0.2) is 0 Å². The number of pyridine rings is 1. The van der Waals surface area contributed by atoms with Crippen LogP contribution in [0.5, 0.6) is 0 Å². The van der Waals surface area contributed by atoms with Crippen LogP contribution in [0.3, 0.4) is 0 Å². The molecular formula is C18H22N4O5. The third-order valence-corrected chi connectivity index (χ3v) is 5.66. The van der Waals surface area contributed by atoms with E-state index in [-0.39, 0.29) is 25.4 Å². The topological polar surface area (TPSA) is 103 Å². The number of hydrogen-bond acceptors (Lipinski definition) is 8. The van der Waals surface area contributed by atoms with Crippen molar-refractivity contribution in [2.24, 2.45) is 0 Å². The summed E-state index contributed by atoms with van der Waals surface area (Å²) in [5.41, 5.74) is 0.209. The van der Waals surface area contributed by atoms with Gasteiger partial charge in [0, 0.05) is 38.6 Å². The molecule has 9 heteroatoms. The highest BCUT2D eigenvalue weighted by molar-refractivity contribution is 6.07. The largest absolute Gasteiger partial charge is 0.468 e. The van der Waals surface area contributed by atoms with Crippen LogP contribution in [-0.4, -0.2) is 93.5 Å². The van der Waals surface area contributed by atoms with Crippen LogP contribution < -0.4 is 0 Å². The number of fused-ring (bicyclic) bond motifs is 2. The number of imide groups is 1. The van der Waals surface area contributed by atoms with Crippen molar-refractivity contribution in [1.82, 2.24) is 19.7 Å². The number of hydrogen-bond donors (Lipinski definition) is 1. The van der Waals surface area contributed by atoms with E-state index in [0.29, 0.717) is 19.6 Å². The number of methoxy groups -OCH3 is 1. The number of ether oxygens (including phenoxy) is 1. The van der Waals surface area contributed by atoms with Crippen molar-refractivity contribution >= 4 is 17.8 Å². The molecule has 4 heterocycles. The minimum Gasteiger partial charge on any atom is -0.468 e. The van der Waals surface area contributed by atoms with E-state index in [1.165, 1.54) is 7.11 Å². The molecular weight excluding hydrogens is 352 g/mol. The van der Waals surface area contributed by atoms with Gasteiger partial charge in [0.2, 0.25) is 5.91 Å². The van der Waals surface area contributed by atoms with Crippen LogP contribution in [0.15, 0.2) is 24.5 Å². The van der Waals surface area contributed by atoms with Gasteiger partial charge in [0.05, 0.1) is 19.3 Å². The molecule has 9 nitrogen and oxygen atoms in total. The van der Waals surface area contributed by atoms with Crippen LogP contribution >= 0.6 is 0 Å². The lowest BCUT2D eigenvalue weighted by atomic mass is 9.82. The average molecular weight is 374 g/mol. The van der Waals surface area contributed by atoms with Crippen molar-refractivity contribution in [2.75, 3.05) is 33.3 Å². The Bertz CT molecular complexity index is 764. The first-order chi connectivity index (χ1) is 12.9. The number of aromatic nitrogens is 1. The van der Waals surface area contributed by atoms with E-state index in [0.717, 1.165) is 10.5 Å². The van der Waals surface area contributed by atoms with Crippen molar-refractivity contribution in [2.45, 2.75) is 30.7 Å². The highest BCUT2D eigenvalue weighted by atomic mass is 16.5. The van der Waals surface area contributed by atoms with E-state index in [1.807, 2.05) is 17.0 Å². The van der Waals surface area contributed by atoms with Gasteiger partial charge in [-0.3, -0.25) is 34.1 Å². The molecule has 27 heavy (non-hydrogen) atoms. The summed E-state index contributed by atoms with van der Waals surface area (Å²) in [7, 11) is 1.22. The molecule has 0 aromatic carbocycles.